The van der Waals surface area contributed by atoms with Crippen LogP contribution in [0.4, 0.5) is 5.95 Å². The van der Waals surface area contributed by atoms with Gasteiger partial charge in [0, 0.05) is 24.1 Å². The summed E-state index contributed by atoms with van der Waals surface area (Å²) >= 11 is 3.50. The van der Waals surface area contributed by atoms with Crippen LogP contribution < -0.4 is 10.2 Å². The van der Waals surface area contributed by atoms with Crippen LogP contribution >= 0.6 is 15.9 Å². The number of hydrogen-bond donors (Lipinski definition) is 2. The van der Waals surface area contributed by atoms with E-state index in [-0.39, 0.29) is 11.8 Å². The minimum absolute atomic E-state index is 0.00622. The lowest BCUT2D eigenvalue weighted by molar-refractivity contribution is -0.125. The maximum Gasteiger partial charge on any atom is 0.224 e. The van der Waals surface area contributed by atoms with Crippen LogP contribution in [-0.2, 0) is 11.2 Å². The number of nitrogens with one attached hydrogen (secondary N) is 2. The Morgan fingerprint density at radius 2 is 2.11 bits per heavy atom. The molecule has 2 N–H and O–H groups in total. The Morgan fingerprint density at radius 3 is 2.93 bits per heavy atom. The van der Waals surface area contributed by atoms with Gasteiger partial charge in [-0.1, -0.05) is 45.8 Å². The molecule has 1 unspecified atom stereocenters. The largest absolute Gasteiger partial charge is 0.355 e. The molecule has 5 nitrogen and oxygen atoms in total. The lowest BCUT2D eigenvalue weighted by Gasteiger charge is -2.31. The minimum Gasteiger partial charge on any atom is -0.355 e. The molecule has 4 rings (SSSR count). The predicted octanol–water partition coefficient (Wildman–Crippen LogP) is 4.21. The molecule has 1 fully saturated rings. The van der Waals surface area contributed by atoms with Crippen LogP contribution in [0.2, 0.25) is 0 Å². The van der Waals surface area contributed by atoms with Gasteiger partial charge < -0.3 is 15.2 Å². The standard InChI is InChI=1S/C22H25BrN4O/c1-15-4-6-16(7-5-15)10-11-24-21(28)17-3-2-12-27(14-17)22-25-19-9-8-18(23)13-20(19)26-22/h4-9,13,17H,2-3,10-12,14H2,1H3,(H,24,28)(H,25,26). The summed E-state index contributed by atoms with van der Waals surface area (Å²) in [5.41, 5.74) is 4.47. The molecule has 0 bridgehead atoms. The lowest BCUT2D eigenvalue weighted by atomic mass is 9.97. The molecule has 1 aromatic heterocycles. The second-order valence-corrected chi connectivity index (χ2v) is 8.45. The van der Waals surface area contributed by atoms with Crippen LogP contribution in [0, 0.1) is 12.8 Å². The lowest BCUT2D eigenvalue weighted by Crippen LogP contribution is -2.43. The van der Waals surface area contributed by atoms with E-state index in [1.54, 1.807) is 0 Å². The van der Waals surface area contributed by atoms with Crippen molar-refractivity contribution in [3.05, 3.63) is 58.1 Å². The van der Waals surface area contributed by atoms with Crippen molar-refractivity contribution in [2.24, 2.45) is 5.92 Å². The zero-order chi connectivity index (χ0) is 19.5. The molecule has 1 aliphatic heterocycles. The normalized spacial score (nSPS) is 17.1. The summed E-state index contributed by atoms with van der Waals surface area (Å²) in [4.78, 5) is 22.9. The monoisotopic (exact) mass is 440 g/mol. The van der Waals surface area contributed by atoms with Crippen molar-refractivity contribution in [1.82, 2.24) is 15.3 Å². The Labute approximate surface area is 173 Å². The van der Waals surface area contributed by atoms with Gasteiger partial charge in [0.25, 0.3) is 0 Å². The summed E-state index contributed by atoms with van der Waals surface area (Å²) < 4.78 is 1.03. The average Bonchev–Trinajstić information content (AvgIpc) is 3.13. The number of carbonyl (C=O) groups is 1. The summed E-state index contributed by atoms with van der Waals surface area (Å²) in [6.07, 6.45) is 2.79. The number of aromatic nitrogens is 2. The van der Waals surface area contributed by atoms with Crippen LogP contribution in [0.25, 0.3) is 11.0 Å². The van der Waals surface area contributed by atoms with Crippen molar-refractivity contribution in [3.63, 3.8) is 0 Å². The number of aryl methyl sites for hydroxylation is 1. The molecule has 6 heteroatoms. The third-order valence-electron chi connectivity index (χ3n) is 5.36. The molecule has 1 amide bonds. The Hall–Kier alpha value is -2.34. The maximum absolute atomic E-state index is 12.7. The number of anilines is 1. The molecule has 1 aliphatic rings. The Morgan fingerprint density at radius 1 is 1.29 bits per heavy atom. The van der Waals surface area contributed by atoms with Gasteiger partial charge in [0.2, 0.25) is 11.9 Å². The quantitative estimate of drug-likeness (QED) is 0.624. The van der Waals surface area contributed by atoms with E-state index < -0.39 is 0 Å². The van der Waals surface area contributed by atoms with Crippen molar-refractivity contribution >= 4 is 38.8 Å². The van der Waals surface area contributed by atoms with E-state index in [0.717, 1.165) is 47.3 Å². The SMILES string of the molecule is Cc1ccc(CCNC(=O)C2CCCN(c3nc4ccc(Br)cc4[nH]3)C2)cc1. The number of imidazole rings is 1. The van der Waals surface area contributed by atoms with Crippen molar-refractivity contribution in [1.29, 1.82) is 0 Å². The number of rotatable bonds is 5. The van der Waals surface area contributed by atoms with Crippen LogP contribution in [0.5, 0.6) is 0 Å². The van der Waals surface area contributed by atoms with Gasteiger partial charge in [-0.05, 0) is 49.9 Å². The van der Waals surface area contributed by atoms with E-state index in [0.29, 0.717) is 13.1 Å². The highest BCUT2D eigenvalue weighted by molar-refractivity contribution is 9.10. The second kappa shape index (κ2) is 8.35. The molecule has 1 atom stereocenters. The molecule has 146 valence electrons. The van der Waals surface area contributed by atoms with Gasteiger partial charge in [-0.25, -0.2) is 4.98 Å². The summed E-state index contributed by atoms with van der Waals surface area (Å²) in [5.74, 6) is 1.01. The number of H-pyrrole nitrogens is 1. The zero-order valence-corrected chi connectivity index (χ0v) is 17.6. The molecule has 2 heterocycles. The first-order valence-corrected chi connectivity index (χ1v) is 10.6. The summed E-state index contributed by atoms with van der Waals surface area (Å²) in [7, 11) is 0. The fourth-order valence-corrected chi connectivity index (χ4v) is 4.09. The smallest absolute Gasteiger partial charge is 0.224 e. The Bertz CT molecular complexity index is 966. The number of benzene rings is 2. The Kier molecular flexibility index (Phi) is 5.67. The first-order chi connectivity index (χ1) is 13.6. The fraction of sp³-hybridized carbons (Fsp3) is 0.364. The molecule has 28 heavy (non-hydrogen) atoms. The molecule has 2 aromatic carbocycles. The number of piperidine rings is 1. The third kappa shape index (κ3) is 4.38. The van der Waals surface area contributed by atoms with E-state index in [2.05, 4.69) is 62.3 Å². The van der Waals surface area contributed by atoms with E-state index in [1.165, 1.54) is 11.1 Å². The molecule has 0 aliphatic carbocycles. The second-order valence-electron chi connectivity index (χ2n) is 7.53. The highest BCUT2D eigenvalue weighted by Gasteiger charge is 2.27. The van der Waals surface area contributed by atoms with Gasteiger partial charge in [0.05, 0.1) is 17.0 Å². The topological polar surface area (TPSA) is 61.0 Å². The molecule has 0 spiro atoms. The van der Waals surface area contributed by atoms with Gasteiger partial charge in [-0.15, -0.1) is 0 Å². The van der Waals surface area contributed by atoms with E-state index in [9.17, 15) is 4.79 Å². The highest BCUT2D eigenvalue weighted by atomic mass is 79.9. The third-order valence-corrected chi connectivity index (χ3v) is 5.85. The van der Waals surface area contributed by atoms with E-state index >= 15 is 0 Å². The number of halogens is 1. The predicted molar refractivity (Wildman–Crippen MR) is 117 cm³/mol. The fourth-order valence-electron chi connectivity index (χ4n) is 3.73. The van der Waals surface area contributed by atoms with Crippen molar-refractivity contribution < 1.29 is 4.79 Å². The zero-order valence-electron chi connectivity index (χ0n) is 16.0. The number of hydrogen-bond acceptors (Lipinski definition) is 3. The first kappa shape index (κ1) is 19.0. The van der Waals surface area contributed by atoms with Gasteiger partial charge >= 0.3 is 0 Å². The average molecular weight is 441 g/mol. The van der Waals surface area contributed by atoms with Gasteiger partial charge in [0.15, 0.2) is 0 Å². The van der Waals surface area contributed by atoms with Crippen LogP contribution in [0.1, 0.15) is 24.0 Å². The number of carbonyl (C=O) groups excluding carboxylic acids is 1. The molecule has 3 aromatic rings. The van der Waals surface area contributed by atoms with Crippen molar-refractivity contribution in [2.75, 3.05) is 24.5 Å². The van der Waals surface area contributed by atoms with E-state index in [4.69, 9.17) is 4.98 Å². The number of fused-ring (bicyclic) bond motifs is 1. The van der Waals surface area contributed by atoms with Gasteiger partial charge in [-0.2, -0.15) is 0 Å². The number of aromatic amines is 1. The molecule has 1 saturated heterocycles. The molecule has 0 saturated carbocycles. The van der Waals surface area contributed by atoms with Crippen molar-refractivity contribution in [3.8, 4) is 0 Å². The maximum atomic E-state index is 12.7. The van der Waals surface area contributed by atoms with Crippen LogP contribution in [0.15, 0.2) is 46.9 Å². The summed E-state index contributed by atoms with van der Waals surface area (Å²) in [5, 5.41) is 3.12. The van der Waals surface area contributed by atoms with Gasteiger partial charge in [-0.3, -0.25) is 4.79 Å². The minimum atomic E-state index is 0.00622. The summed E-state index contributed by atoms with van der Waals surface area (Å²) in [6, 6.07) is 14.5. The van der Waals surface area contributed by atoms with Crippen LogP contribution in [-0.4, -0.2) is 35.5 Å². The van der Waals surface area contributed by atoms with Crippen molar-refractivity contribution in [2.45, 2.75) is 26.2 Å². The van der Waals surface area contributed by atoms with E-state index in [1.807, 2.05) is 18.2 Å². The molecule has 0 radical (unpaired) electrons. The summed E-state index contributed by atoms with van der Waals surface area (Å²) in [6.45, 7) is 4.39. The number of nitrogens with zero attached hydrogens (tertiary/aromatic N) is 2. The highest BCUT2D eigenvalue weighted by Crippen LogP contribution is 2.25. The first-order valence-electron chi connectivity index (χ1n) is 9.82. The molecular formula is C22H25BrN4O. The van der Waals surface area contributed by atoms with Gasteiger partial charge in [0.1, 0.15) is 0 Å². The molecular weight excluding hydrogens is 416 g/mol. The van der Waals surface area contributed by atoms with Crippen LogP contribution in [0.3, 0.4) is 0 Å². The number of amides is 1. The Balaban J connectivity index is 1.34.